The topological polar surface area (TPSA) is 43.6 Å². The largest absolute Gasteiger partial charge is 0.309 e. The van der Waals surface area contributed by atoms with Gasteiger partial charge in [-0.2, -0.15) is 0 Å². The lowest BCUT2D eigenvalue weighted by Crippen LogP contribution is -2.00. The molecule has 0 unspecified atom stereocenters. The van der Waals surface area contributed by atoms with Crippen LogP contribution in [0.2, 0.25) is 0 Å². The summed E-state index contributed by atoms with van der Waals surface area (Å²) < 4.78 is 2.34. The van der Waals surface area contributed by atoms with Crippen LogP contribution in [-0.4, -0.2) is 19.5 Å². The van der Waals surface area contributed by atoms with Crippen molar-refractivity contribution >= 4 is 21.8 Å². The van der Waals surface area contributed by atoms with E-state index in [9.17, 15) is 0 Å². The molecule has 230 valence electrons. The molecule has 4 heteroatoms. The van der Waals surface area contributed by atoms with Gasteiger partial charge >= 0.3 is 0 Å². The number of fused-ring (bicyclic) bond motifs is 3. The molecule has 9 rings (SSSR count). The summed E-state index contributed by atoms with van der Waals surface area (Å²) in [5.41, 5.74) is 10.9. The molecule has 0 amide bonds. The van der Waals surface area contributed by atoms with Gasteiger partial charge in [-0.25, -0.2) is 15.0 Å². The van der Waals surface area contributed by atoms with Crippen molar-refractivity contribution in [3.05, 3.63) is 182 Å². The third-order valence-corrected chi connectivity index (χ3v) is 9.08. The van der Waals surface area contributed by atoms with Crippen molar-refractivity contribution in [3.8, 4) is 62.1 Å². The molecule has 9 aromatic rings. The lowest BCUT2D eigenvalue weighted by Gasteiger charge is -2.11. The minimum Gasteiger partial charge on any atom is -0.309 e. The molecule has 0 aliphatic rings. The minimum absolute atomic E-state index is 0.641. The van der Waals surface area contributed by atoms with Gasteiger partial charge < -0.3 is 4.57 Å². The van der Waals surface area contributed by atoms with Crippen LogP contribution in [0, 0.1) is 0 Å². The maximum absolute atomic E-state index is 5.00. The summed E-state index contributed by atoms with van der Waals surface area (Å²) in [5.74, 6) is 1.93. The highest BCUT2D eigenvalue weighted by molar-refractivity contribution is 6.09. The minimum atomic E-state index is 0.641. The quantitative estimate of drug-likeness (QED) is 0.184. The summed E-state index contributed by atoms with van der Waals surface area (Å²) in [6.45, 7) is 0. The predicted molar refractivity (Wildman–Crippen MR) is 201 cm³/mol. The van der Waals surface area contributed by atoms with Crippen LogP contribution in [0.3, 0.4) is 0 Å². The molecule has 0 fully saturated rings. The normalized spacial score (nSPS) is 11.3. The second-order valence-corrected chi connectivity index (χ2v) is 12.1. The highest BCUT2D eigenvalue weighted by Crippen LogP contribution is 2.33. The summed E-state index contributed by atoms with van der Waals surface area (Å²) in [5, 5.41) is 2.53. The van der Waals surface area contributed by atoms with E-state index in [0.717, 1.165) is 44.6 Å². The van der Waals surface area contributed by atoms with Crippen molar-refractivity contribution in [1.82, 2.24) is 19.5 Å². The zero-order valence-electron chi connectivity index (χ0n) is 26.6. The van der Waals surface area contributed by atoms with Crippen LogP contribution in [-0.2, 0) is 0 Å². The van der Waals surface area contributed by atoms with Crippen LogP contribution in [0.15, 0.2) is 182 Å². The van der Waals surface area contributed by atoms with Crippen molar-refractivity contribution in [2.75, 3.05) is 0 Å². The number of para-hydroxylation sites is 2. The molecule has 0 radical (unpaired) electrons. The van der Waals surface area contributed by atoms with Gasteiger partial charge in [-0.1, -0.05) is 152 Å². The first-order chi connectivity index (χ1) is 24.3. The van der Waals surface area contributed by atoms with Crippen LogP contribution in [0.4, 0.5) is 0 Å². The summed E-state index contributed by atoms with van der Waals surface area (Å²) in [6.07, 6.45) is 0. The van der Waals surface area contributed by atoms with Gasteiger partial charge in [0.1, 0.15) is 0 Å². The van der Waals surface area contributed by atoms with E-state index in [0.29, 0.717) is 17.5 Å². The first kappa shape index (κ1) is 28.6. The van der Waals surface area contributed by atoms with E-state index < -0.39 is 0 Å². The van der Waals surface area contributed by atoms with E-state index >= 15 is 0 Å². The number of nitrogens with zero attached hydrogens (tertiary/aromatic N) is 4. The van der Waals surface area contributed by atoms with Crippen molar-refractivity contribution in [2.24, 2.45) is 0 Å². The SMILES string of the molecule is c1ccc(-c2cccc(-c3nc(-c4ccccc4)nc(-c4ccc(-c5ccc(-n6c7ccccc7c7ccccc76)cc5)cc4)n3)c2)cc1. The van der Waals surface area contributed by atoms with Crippen molar-refractivity contribution in [3.63, 3.8) is 0 Å². The summed E-state index contributed by atoms with van der Waals surface area (Å²) in [6, 6.07) is 63.4. The van der Waals surface area contributed by atoms with E-state index in [-0.39, 0.29) is 0 Å². The molecule has 0 N–H and O–H groups in total. The van der Waals surface area contributed by atoms with E-state index in [2.05, 4.69) is 150 Å². The standard InChI is InChI=1S/C45H30N4/c1-3-12-31(13-4-1)36-16-11-17-37(30-36)45-47-43(34-14-5-2-6-15-34)46-44(48-45)35-24-22-32(23-25-35)33-26-28-38(29-27-33)49-41-20-9-7-18-39(41)40-19-8-10-21-42(40)49/h1-30H. The number of aromatic nitrogens is 4. The zero-order chi connectivity index (χ0) is 32.6. The third-order valence-electron chi connectivity index (χ3n) is 9.08. The fourth-order valence-electron chi connectivity index (χ4n) is 6.63. The molecule has 0 bridgehead atoms. The molecule has 7 aromatic carbocycles. The van der Waals surface area contributed by atoms with E-state index in [1.165, 1.54) is 21.8 Å². The van der Waals surface area contributed by atoms with Gasteiger partial charge in [0.2, 0.25) is 0 Å². The Kier molecular flexibility index (Phi) is 7.10. The second-order valence-electron chi connectivity index (χ2n) is 12.1. The van der Waals surface area contributed by atoms with Crippen LogP contribution in [0.5, 0.6) is 0 Å². The number of hydrogen-bond donors (Lipinski definition) is 0. The maximum atomic E-state index is 5.00. The Bertz CT molecular complexity index is 2520. The van der Waals surface area contributed by atoms with E-state index in [4.69, 9.17) is 15.0 Å². The van der Waals surface area contributed by atoms with Gasteiger partial charge in [0.05, 0.1) is 11.0 Å². The average Bonchev–Trinajstić information content (AvgIpc) is 3.53. The number of hydrogen-bond acceptors (Lipinski definition) is 3. The second kappa shape index (κ2) is 12.2. The van der Waals surface area contributed by atoms with Crippen LogP contribution < -0.4 is 0 Å². The fourth-order valence-corrected chi connectivity index (χ4v) is 6.63. The summed E-state index contributed by atoms with van der Waals surface area (Å²) >= 11 is 0. The molecular weight excluding hydrogens is 597 g/mol. The molecule has 0 atom stereocenters. The van der Waals surface area contributed by atoms with Gasteiger partial charge in [0.25, 0.3) is 0 Å². The first-order valence-electron chi connectivity index (χ1n) is 16.5. The molecule has 0 saturated carbocycles. The molecule has 0 aliphatic carbocycles. The Hall–Kier alpha value is -6.65. The van der Waals surface area contributed by atoms with Crippen molar-refractivity contribution < 1.29 is 0 Å². The molecule has 4 nitrogen and oxygen atoms in total. The van der Waals surface area contributed by atoms with Crippen LogP contribution in [0.25, 0.3) is 83.9 Å². The maximum Gasteiger partial charge on any atom is 0.164 e. The highest BCUT2D eigenvalue weighted by atomic mass is 15.0. The molecule has 2 aromatic heterocycles. The molecule has 2 heterocycles. The van der Waals surface area contributed by atoms with E-state index in [1.54, 1.807) is 0 Å². The smallest absolute Gasteiger partial charge is 0.164 e. The molecule has 0 saturated heterocycles. The van der Waals surface area contributed by atoms with E-state index in [1.807, 2.05) is 36.4 Å². The monoisotopic (exact) mass is 626 g/mol. The number of benzene rings is 7. The highest BCUT2D eigenvalue weighted by Gasteiger charge is 2.14. The summed E-state index contributed by atoms with van der Waals surface area (Å²) in [4.78, 5) is 14.9. The molecule has 49 heavy (non-hydrogen) atoms. The lowest BCUT2D eigenvalue weighted by atomic mass is 10.0. The molecule has 0 aliphatic heterocycles. The van der Waals surface area contributed by atoms with Gasteiger partial charge in [0, 0.05) is 33.2 Å². The predicted octanol–water partition coefficient (Wildman–Crippen LogP) is 11.3. The van der Waals surface area contributed by atoms with Crippen molar-refractivity contribution in [1.29, 1.82) is 0 Å². The van der Waals surface area contributed by atoms with Crippen LogP contribution in [0.1, 0.15) is 0 Å². The van der Waals surface area contributed by atoms with Gasteiger partial charge in [0.15, 0.2) is 17.5 Å². The zero-order valence-corrected chi connectivity index (χ0v) is 26.6. The Morgan fingerprint density at radius 2 is 0.673 bits per heavy atom. The van der Waals surface area contributed by atoms with Crippen LogP contribution >= 0.6 is 0 Å². The molecule has 0 spiro atoms. The Balaban J connectivity index is 1.07. The fraction of sp³-hybridized carbons (Fsp3) is 0. The van der Waals surface area contributed by atoms with Gasteiger partial charge in [-0.05, 0) is 52.6 Å². The lowest BCUT2D eigenvalue weighted by molar-refractivity contribution is 1.07. The Morgan fingerprint density at radius 1 is 0.286 bits per heavy atom. The Morgan fingerprint density at radius 3 is 1.27 bits per heavy atom. The third kappa shape index (κ3) is 5.35. The first-order valence-corrected chi connectivity index (χ1v) is 16.5. The average molecular weight is 627 g/mol. The van der Waals surface area contributed by atoms with Gasteiger partial charge in [-0.15, -0.1) is 0 Å². The Labute approximate surface area is 284 Å². The molecular formula is C45H30N4. The van der Waals surface area contributed by atoms with Crippen molar-refractivity contribution in [2.45, 2.75) is 0 Å². The number of rotatable bonds is 6. The van der Waals surface area contributed by atoms with Gasteiger partial charge in [-0.3, -0.25) is 0 Å². The summed E-state index contributed by atoms with van der Waals surface area (Å²) in [7, 11) is 0.